The molecule has 224 valence electrons. The van der Waals surface area contributed by atoms with Crippen molar-refractivity contribution in [2.75, 3.05) is 27.7 Å². The minimum Gasteiger partial charge on any atom is -0.357 e. The van der Waals surface area contributed by atoms with Crippen molar-refractivity contribution >= 4 is 34.4 Å². The topological polar surface area (TPSA) is 120 Å². The van der Waals surface area contributed by atoms with Gasteiger partial charge in [-0.15, -0.1) is 0 Å². The lowest BCUT2D eigenvalue weighted by Crippen LogP contribution is -2.57. The number of rotatable bonds is 15. The number of fused-ring (bicyclic) bond motifs is 1. The molecule has 0 saturated carbocycles. The lowest BCUT2D eigenvalue weighted by atomic mass is 9.99. The summed E-state index contributed by atoms with van der Waals surface area (Å²) in [5, 5.41) is 13.6. The van der Waals surface area contributed by atoms with Gasteiger partial charge in [-0.05, 0) is 54.6 Å². The molecule has 0 aromatic heterocycles. The van der Waals surface area contributed by atoms with Gasteiger partial charge in [0.1, 0.15) is 12.1 Å². The molecule has 9 heteroatoms. The number of unbranched alkanes of at least 4 members (excludes halogenated alkanes) is 1. The van der Waals surface area contributed by atoms with E-state index in [9.17, 15) is 19.2 Å². The maximum Gasteiger partial charge on any atom is 0.243 e. The highest BCUT2D eigenvalue weighted by Crippen LogP contribution is 2.18. The molecular weight excluding hydrogens is 530 g/mol. The summed E-state index contributed by atoms with van der Waals surface area (Å²) in [5.41, 5.74) is 1.91. The van der Waals surface area contributed by atoms with Crippen molar-refractivity contribution in [2.24, 2.45) is 0 Å². The minimum atomic E-state index is -0.834. The monoisotopic (exact) mass is 573 g/mol. The van der Waals surface area contributed by atoms with Gasteiger partial charge in [0.25, 0.3) is 0 Å². The van der Waals surface area contributed by atoms with Crippen molar-refractivity contribution in [1.29, 1.82) is 0 Å². The number of likely N-dealkylation sites (N-methyl/N-ethyl adjacent to an activating group) is 3. The zero-order chi connectivity index (χ0) is 30.5. The number of hydrogen-bond acceptors (Lipinski definition) is 5. The Morgan fingerprint density at radius 1 is 0.762 bits per heavy atom. The van der Waals surface area contributed by atoms with E-state index in [1.54, 1.807) is 14.1 Å². The van der Waals surface area contributed by atoms with Gasteiger partial charge in [-0.2, -0.15) is 0 Å². The van der Waals surface area contributed by atoms with Crippen LogP contribution in [0.5, 0.6) is 0 Å². The summed E-state index contributed by atoms with van der Waals surface area (Å²) in [5.74, 6) is -1.03. The number of carbonyl (C=O) groups excluding carboxylic acids is 4. The molecule has 0 spiro atoms. The first-order valence-corrected chi connectivity index (χ1v) is 14.5. The molecule has 4 amide bonds. The van der Waals surface area contributed by atoms with Crippen LogP contribution in [0.1, 0.15) is 37.3 Å². The minimum absolute atomic E-state index is 0.108. The second-order valence-electron chi connectivity index (χ2n) is 10.5. The molecule has 0 saturated heterocycles. The van der Waals surface area contributed by atoms with E-state index < -0.39 is 24.0 Å². The molecular formula is C33H43N5O4. The quantitative estimate of drug-likeness (QED) is 0.209. The van der Waals surface area contributed by atoms with Crippen LogP contribution in [0.15, 0.2) is 72.8 Å². The summed E-state index contributed by atoms with van der Waals surface area (Å²) >= 11 is 0. The van der Waals surface area contributed by atoms with E-state index >= 15 is 0 Å². The van der Waals surface area contributed by atoms with Crippen LogP contribution in [-0.2, 0) is 32.0 Å². The number of nitrogens with one attached hydrogen (secondary N) is 4. The molecule has 0 radical (unpaired) electrons. The third-order valence-corrected chi connectivity index (χ3v) is 7.46. The van der Waals surface area contributed by atoms with Crippen molar-refractivity contribution in [3.05, 3.63) is 83.9 Å². The predicted molar refractivity (Wildman–Crippen MR) is 166 cm³/mol. The Morgan fingerprint density at radius 3 is 2.12 bits per heavy atom. The van der Waals surface area contributed by atoms with Crippen molar-refractivity contribution in [3.8, 4) is 0 Å². The van der Waals surface area contributed by atoms with E-state index in [-0.39, 0.29) is 17.7 Å². The molecule has 1 unspecified atom stereocenters. The highest BCUT2D eigenvalue weighted by molar-refractivity contribution is 5.93. The average molecular weight is 574 g/mol. The Morgan fingerprint density at radius 2 is 1.45 bits per heavy atom. The van der Waals surface area contributed by atoms with Crippen LogP contribution >= 0.6 is 0 Å². The Kier molecular flexibility index (Phi) is 12.5. The van der Waals surface area contributed by atoms with Crippen molar-refractivity contribution in [3.63, 3.8) is 0 Å². The first kappa shape index (κ1) is 32.3. The highest BCUT2D eigenvalue weighted by Gasteiger charge is 2.33. The van der Waals surface area contributed by atoms with Gasteiger partial charge in [0, 0.05) is 34.0 Å². The van der Waals surface area contributed by atoms with Gasteiger partial charge in [0.15, 0.2) is 0 Å². The summed E-state index contributed by atoms with van der Waals surface area (Å²) < 4.78 is 0. The molecule has 0 fully saturated rings. The highest BCUT2D eigenvalue weighted by atomic mass is 16.2. The number of amides is 4. The van der Waals surface area contributed by atoms with Gasteiger partial charge >= 0.3 is 0 Å². The SMILES string of the molecule is CNC(=O)[C@H](CCCCNC(C)=O)NC(=O)C(Cc1ccccc1)N(C)C(=O)[C@@H](Cc1ccc2ccccc2c1)NC. The number of benzene rings is 3. The molecule has 42 heavy (non-hydrogen) atoms. The van der Waals surface area contributed by atoms with Crippen molar-refractivity contribution < 1.29 is 19.2 Å². The molecule has 0 aliphatic rings. The zero-order valence-corrected chi connectivity index (χ0v) is 25.0. The molecule has 9 nitrogen and oxygen atoms in total. The van der Waals surface area contributed by atoms with Crippen molar-refractivity contribution in [1.82, 2.24) is 26.2 Å². The van der Waals surface area contributed by atoms with E-state index in [2.05, 4.69) is 33.4 Å². The molecule has 0 bridgehead atoms. The molecule has 4 N–H and O–H groups in total. The Balaban J connectivity index is 1.77. The normalized spacial score (nSPS) is 13.0. The van der Waals surface area contributed by atoms with Gasteiger partial charge < -0.3 is 26.2 Å². The summed E-state index contributed by atoms with van der Waals surface area (Å²) in [6.07, 6.45) is 2.46. The number of nitrogens with zero attached hydrogens (tertiary/aromatic N) is 1. The van der Waals surface area contributed by atoms with E-state index in [0.717, 1.165) is 21.9 Å². The summed E-state index contributed by atoms with van der Waals surface area (Å²) in [7, 11) is 4.91. The second kappa shape index (κ2) is 16.3. The second-order valence-corrected chi connectivity index (χ2v) is 10.5. The first-order chi connectivity index (χ1) is 20.2. The molecule has 0 aliphatic carbocycles. The summed E-state index contributed by atoms with van der Waals surface area (Å²) in [6, 6.07) is 21.6. The van der Waals surface area contributed by atoms with Gasteiger partial charge in [-0.25, -0.2) is 0 Å². The first-order valence-electron chi connectivity index (χ1n) is 14.5. The molecule has 3 rings (SSSR count). The Labute approximate surface area is 248 Å². The summed E-state index contributed by atoms with van der Waals surface area (Å²) in [6.45, 7) is 1.96. The lowest BCUT2D eigenvalue weighted by molar-refractivity contribution is -0.141. The molecule has 3 atom stereocenters. The third kappa shape index (κ3) is 9.41. The largest absolute Gasteiger partial charge is 0.357 e. The molecule has 0 heterocycles. The Bertz CT molecular complexity index is 1350. The van der Waals surface area contributed by atoms with Crippen LogP contribution in [0, 0.1) is 0 Å². The van der Waals surface area contributed by atoms with E-state index in [4.69, 9.17) is 0 Å². The van der Waals surface area contributed by atoms with Crippen LogP contribution in [0.2, 0.25) is 0 Å². The summed E-state index contributed by atoms with van der Waals surface area (Å²) in [4.78, 5) is 52.9. The lowest BCUT2D eigenvalue weighted by Gasteiger charge is -2.32. The molecule has 3 aromatic carbocycles. The van der Waals surface area contributed by atoms with E-state index in [0.29, 0.717) is 38.6 Å². The van der Waals surface area contributed by atoms with Crippen molar-refractivity contribution in [2.45, 2.75) is 57.2 Å². The number of carbonyl (C=O) groups is 4. The van der Waals surface area contributed by atoms with Gasteiger partial charge in [-0.1, -0.05) is 72.8 Å². The third-order valence-electron chi connectivity index (χ3n) is 7.46. The fourth-order valence-electron chi connectivity index (χ4n) is 5.01. The molecule has 3 aromatic rings. The maximum absolute atomic E-state index is 13.8. The zero-order valence-electron chi connectivity index (χ0n) is 25.0. The smallest absolute Gasteiger partial charge is 0.243 e. The fraction of sp³-hybridized carbons (Fsp3) is 0.394. The van der Waals surface area contributed by atoms with Gasteiger partial charge in [0.05, 0.1) is 6.04 Å². The standard InChI is InChI=1S/C33H43N5O4/c1-23(39)36-19-11-10-16-28(31(40)35-3)37-32(41)30(22-24-12-6-5-7-13-24)38(4)33(42)29(34-2)21-25-17-18-26-14-8-9-15-27(26)20-25/h5-9,12-15,17-18,20,28-30,34H,10-11,16,19,21-22H2,1-4H3,(H,35,40)(H,36,39)(H,37,41)/t28-,29+,30?/m0/s1. The van der Waals surface area contributed by atoms with Crippen LogP contribution in [0.3, 0.4) is 0 Å². The van der Waals surface area contributed by atoms with Crippen LogP contribution in [0.4, 0.5) is 0 Å². The molecule has 0 aliphatic heterocycles. The van der Waals surface area contributed by atoms with Crippen LogP contribution in [-0.4, -0.2) is 74.3 Å². The predicted octanol–water partition coefficient (Wildman–Crippen LogP) is 2.58. The maximum atomic E-state index is 13.8. The van der Waals surface area contributed by atoms with E-state index in [1.807, 2.05) is 60.7 Å². The van der Waals surface area contributed by atoms with E-state index in [1.165, 1.54) is 18.9 Å². The van der Waals surface area contributed by atoms with Gasteiger partial charge in [0.2, 0.25) is 23.6 Å². The van der Waals surface area contributed by atoms with Crippen LogP contribution < -0.4 is 21.3 Å². The number of hydrogen-bond donors (Lipinski definition) is 4. The fourth-order valence-corrected chi connectivity index (χ4v) is 5.01. The van der Waals surface area contributed by atoms with Gasteiger partial charge in [-0.3, -0.25) is 19.2 Å². The average Bonchev–Trinajstić information content (AvgIpc) is 3.00. The Hall–Kier alpha value is -4.24. The van der Waals surface area contributed by atoms with Crippen LogP contribution in [0.25, 0.3) is 10.8 Å².